The fourth-order valence-corrected chi connectivity index (χ4v) is 4.49. The normalized spacial score (nSPS) is 23.4. The Hall–Kier alpha value is -0.170. The van der Waals surface area contributed by atoms with E-state index in [1.165, 1.54) is 0 Å². The van der Waals surface area contributed by atoms with Crippen LogP contribution < -0.4 is 5.32 Å². The van der Waals surface area contributed by atoms with Crippen LogP contribution in [0.4, 0.5) is 0 Å². The van der Waals surface area contributed by atoms with E-state index in [9.17, 15) is 8.42 Å². The van der Waals surface area contributed by atoms with E-state index in [0.29, 0.717) is 25.0 Å². The second kappa shape index (κ2) is 6.73. The van der Waals surface area contributed by atoms with Gasteiger partial charge < -0.3 is 5.32 Å². The third-order valence-electron chi connectivity index (χ3n) is 4.67. The van der Waals surface area contributed by atoms with Gasteiger partial charge in [-0.25, -0.2) is 0 Å². The minimum absolute atomic E-state index is 0.236. The minimum atomic E-state index is -3.23. The van der Waals surface area contributed by atoms with Crippen molar-refractivity contribution in [2.45, 2.75) is 58.0 Å². The van der Waals surface area contributed by atoms with Gasteiger partial charge in [-0.1, -0.05) is 20.3 Å². The monoisotopic (exact) mass is 303 g/mol. The van der Waals surface area contributed by atoms with Crippen molar-refractivity contribution in [3.63, 3.8) is 0 Å². The molecule has 0 bridgehead atoms. The van der Waals surface area contributed by atoms with Crippen LogP contribution in [0.15, 0.2) is 0 Å². The van der Waals surface area contributed by atoms with Crippen LogP contribution in [0, 0.1) is 5.92 Å². The van der Waals surface area contributed by atoms with Crippen molar-refractivity contribution in [1.29, 1.82) is 0 Å². The summed E-state index contributed by atoms with van der Waals surface area (Å²) in [4.78, 5) is 0. The summed E-state index contributed by atoms with van der Waals surface area (Å²) in [6.45, 7) is 6.64. The molecule has 1 N–H and O–H groups in total. The first-order valence-electron chi connectivity index (χ1n) is 7.87. The molecule has 0 unspecified atom stereocenters. The zero-order valence-electron chi connectivity index (χ0n) is 13.0. The lowest BCUT2D eigenvalue weighted by molar-refractivity contribution is 0.210. The first-order chi connectivity index (χ1) is 9.41. The number of hydrogen-bond donors (Lipinski definition) is 1. The first kappa shape index (κ1) is 16.2. The molecule has 1 saturated carbocycles. The van der Waals surface area contributed by atoms with E-state index in [1.807, 2.05) is 0 Å². The largest absolute Gasteiger partial charge is 0.314 e. The molecule has 1 aliphatic heterocycles. The SMILES string of the molecule is CC(C)NCC1CCN(S(=O)(=O)N(C)C2CCC2)CC1. The van der Waals surface area contributed by atoms with E-state index in [0.717, 1.165) is 38.6 Å². The molecule has 0 aromatic heterocycles. The molecule has 2 fully saturated rings. The van der Waals surface area contributed by atoms with E-state index in [-0.39, 0.29) is 6.04 Å². The van der Waals surface area contributed by atoms with Gasteiger partial charge in [0.2, 0.25) is 0 Å². The topological polar surface area (TPSA) is 52.7 Å². The third-order valence-corrected chi connectivity index (χ3v) is 6.71. The molecule has 0 atom stereocenters. The van der Waals surface area contributed by atoms with Crippen molar-refractivity contribution in [2.24, 2.45) is 5.92 Å². The second-order valence-corrected chi connectivity index (χ2v) is 8.50. The van der Waals surface area contributed by atoms with Crippen LogP contribution in [0.25, 0.3) is 0 Å². The van der Waals surface area contributed by atoms with Crippen molar-refractivity contribution in [1.82, 2.24) is 13.9 Å². The molecular formula is C14H29N3O2S. The Labute approximate surface area is 123 Å². The standard InChI is InChI=1S/C14H29N3O2S/c1-12(2)15-11-13-7-9-17(10-8-13)20(18,19)16(3)14-5-4-6-14/h12-15H,4-11H2,1-3H3. The second-order valence-electron chi connectivity index (χ2n) is 6.51. The summed E-state index contributed by atoms with van der Waals surface area (Å²) in [7, 11) is -1.49. The molecule has 20 heavy (non-hydrogen) atoms. The Morgan fingerprint density at radius 2 is 1.80 bits per heavy atom. The van der Waals surface area contributed by atoms with E-state index >= 15 is 0 Å². The highest BCUT2D eigenvalue weighted by atomic mass is 32.2. The van der Waals surface area contributed by atoms with Crippen LogP contribution in [0.2, 0.25) is 0 Å². The van der Waals surface area contributed by atoms with Gasteiger partial charge in [-0.2, -0.15) is 17.0 Å². The number of hydrogen-bond acceptors (Lipinski definition) is 3. The molecular weight excluding hydrogens is 274 g/mol. The van der Waals surface area contributed by atoms with Gasteiger partial charge in [-0.05, 0) is 38.1 Å². The number of nitrogens with one attached hydrogen (secondary N) is 1. The van der Waals surface area contributed by atoms with E-state index in [2.05, 4.69) is 19.2 Å². The van der Waals surface area contributed by atoms with Gasteiger partial charge in [0, 0.05) is 32.2 Å². The maximum absolute atomic E-state index is 12.5. The predicted molar refractivity (Wildman–Crippen MR) is 81.8 cm³/mol. The fraction of sp³-hybridized carbons (Fsp3) is 1.00. The van der Waals surface area contributed by atoms with E-state index < -0.39 is 10.2 Å². The Kier molecular flexibility index (Phi) is 5.45. The molecule has 2 aliphatic rings. The molecule has 1 heterocycles. The Morgan fingerprint density at radius 1 is 1.20 bits per heavy atom. The van der Waals surface area contributed by atoms with Gasteiger partial charge in [0.1, 0.15) is 0 Å². The predicted octanol–water partition coefficient (Wildman–Crippen LogP) is 1.43. The molecule has 1 aliphatic carbocycles. The zero-order chi connectivity index (χ0) is 14.8. The molecule has 6 heteroatoms. The molecule has 0 amide bonds. The summed E-state index contributed by atoms with van der Waals surface area (Å²) in [6, 6.07) is 0.738. The smallest absolute Gasteiger partial charge is 0.281 e. The highest BCUT2D eigenvalue weighted by Crippen LogP contribution is 2.28. The zero-order valence-corrected chi connectivity index (χ0v) is 13.8. The van der Waals surface area contributed by atoms with Crippen LogP contribution in [-0.4, -0.2) is 55.8 Å². The summed E-state index contributed by atoms with van der Waals surface area (Å²) < 4.78 is 28.3. The number of rotatable bonds is 6. The van der Waals surface area contributed by atoms with Gasteiger partial charge in [0.15, 0.2) is 0 Å². The van der Waals surface area contributed by atoms with Crippen molar-refractivity contribution in [2.75, 3.05) is 26.7 Å². The molecule has 1 saturated heterocycles. The number of piperidine rings is 1. The average molecular weight is 303 g/mol. The Bertz CT molecular complexity index is 399. The highest BCUT2D eigenvalue weighted by Gasteiger charge is 2.36. The molecule has 0 radical (unpaired) electrons. The lowest BCUT2D eigenvalue weighted by Gasteiger charge is -2.39. The van der Waals surface area contributed by atoms with Crippen molar-refractivity contribution < 1.29 is 8.42 Å². The maximum atomic E-state index is 12.5. The summed E-state index contributed by atoms with van der Waals surface area (Å²) in [5, 5.41) is 3.45. The van der Waals surface area contributed by atoms with Crippen molar-refractivity contribution >= 4 is 10.2 Å². The first-order valence-corrected chi connectivity index (χ1v) is 9.27. The van der Waals surface area contributed by atoms with Crippen LogP contribution in [0.1, 0.15) is 46.0 Å². The summed E-state index contributed by atoms with van der Waals surface area (Å²) in [6.07, 6.45) is 5.14. The number of nitrogens with zero attached hydrogens (tertiary/aromatic N) is 2. The fourth-order valence-electron chi connectivity index (χ4n) is 2.87. The van der Waals surface area contributed by atoms with Crippen LogP contribution in [0.5, 0.6) is 0 Å². The summed E-state index contributed by atoms with van der Waals surface area (Å²) in [5.41, 5.74) is 0. The van der Waals surface area contributed by atoms with Crippen LogP contribution >= 0.6 is 0 Å². The summed E-state index contributed by atoms with van der Waals surface area (Å²) in [5.74, 6) is 0.609. The lowest BCUT2D eigenvalue weighted by Crippen LogP contribution is -2.51. The van der Waals surface area contributed by atoms with Crippen LogP contribution in [-0.2, 0) is 10.2 Å². The van der Waals surface area contributed by atoms with Crippen molar-refractivity contribution in [3.05, 3.63) is 0 Å². The molecule has 0 aromatic rings. The van der Waals surface area contributed by atoms with Gasteiger partial charge in [-0.15, -0.1) is 0 Å². The van der Waals surface area contributed by atoms with Gasteiger partial charge in [-0.3, -0.25) is 0 Å². The summed E-state index contributed by atoms with van der Waals surface area (Å²) >= 11 is 0. The molecule has 5 nitrogen and oxygen atoms in total. The van der Waals surface area contributed by atoms with E-state index in [4.69, 9.17) is 0 Å². The minimum Gasteiger partial charge on any atom is -0.314 e. The van der Waals surface area contributed by atoms with Crippen molar-refractivity contribution in [3.8, 4) is 0 Å². The molecule has 0 spiro atoms. The van der Waals surface area contributed by atoms with Gasteiger partial charge >= 0.3 is 0 Å². The quantitative estimate of drug-likeness (QED) is 0.807. The average Bonchev–Trinajstić information content (AvgIpc) is 2.34. The maximum Gasteiger partial charge on any atom is 0.281 e. The highest BCUT2D eigenvalue weighted by molar-refractivity contribution is 7.86. The van der Waals surface area contributed by atoms with E-state index in [1.54, 1.807) is 15.7 Å². The lowest BCUT2D eigenvalue weighted by atomic mass is 9.94. The molecule has 118 valence electrons. The molecule has 2 rings (SSSR count). The Morgan fingerprint density at radius 3 is 2.25 bits per heavy atom. The van der Waals surface area contributed by atoms with Crippen LogP contribution in [0.3, 0.4) is 0 Å². The third kappa shape index (κ3) is 3.72. The van der Waals surface area contributed by atoms with Gasteiger partial charge in [0.05, 0.1) is 0 Å². The Balaban J connectivity index is 1.83. The molecule has 0 aromatic carbocycles. The van der Waals surface area contributed by atoms with Gasteiger partial charge in [0.25, 0.3) is 10.2 Å².